The summed E-state index contributed by atoms with van der Waals surface area (Å²) in [5, 5.41) is 1.23. The van der Waals surface area contributed by atoms with Crippen molar-refractivity contribution < 1.29 is 0 Å². The minimum Gasteiger partial charge on any atom is -0.246 e. The SMILES string of the molecule is CCCCCCCCc1ccc2n[c]ccc2c1. The summed E-state index contributed by atoms with van der Waals surface area (Å²) in [4.78, 5) is 4.23. The predicted molar refractivity (Wildman–Crippen MR) is 77.7 cm³/mol. The summed E-state index contributed by atoms with van der Waals surface area (Å²) < 4.78 is 0. The third kappa shape index (κ3) is 3.83. The number of unbranched alkanes of at least 4 members (excludes halogenated alkanes) is 5. The predicted octanol–water partition coefficient (Wildman–Crippen LogP) is 4.94. The van der Waals surface area contributed by atoms with Gasteiger partial charge in [0.15, 0.2) is 0 Å². The molecule has 0 atom stereocenters. The van der Waals surface area contributed by atoms with Crippen LogP contribution >= 0.6 is 0 Å². The van der Waals surface area contributed by atoms with Crippen molar-refractivity contribution in [3.8, 4) is 0 Å². The molecule has 0 bridgehead atoms. The van der Waals surface area contributed by atoms with Crippen LogP contribution in [0.25, 0.3) is 10.9 Å². The number of hydrogen-bond acceptors (Lipinski definition) is 1. The molecule has 0 spiro atoms. The highest BCUT2D eigenvalue weighted by atomic mass is 14.6. The van der Waals surface area contributed by atoms with E-state index in [1.165, 1.54) is 55.9 Å². The Bertz CT molecular complexity index is 476. The molecule has 0 fully saturated rings. The summed E-state index contributed by atoms with van der Waals surface area (Å²) in [6.45, 7) is 2.26. The van der Waals surface area contributed by atoms with Gasteiger partial charge >= 0.3 is 0 Å². The lowest BCUT2D eigenvalue weighted by molar-refractivity contribution is 0.607. The first kappa shape index (κ1) is 13.1. The van der Waals surface area contributed by atoms with Crippen LogP contribution in [0.15, 0.2) is 30.3 Å². The minimum atomic E-state index is 1.05. The van der Waals surface area contributed by atoms with Crippen molar-refractivity contribution in [2.24, 2.45) is 0 Å². The maximum Gasteiger partial charge on any atom is 0.0894 e. The van der Waals surface area contributed by atoms with Crippen molar-refractivity contribution >= 4 is 10.9 Å². The highest BCUT2D eigenvalue weighted by Gasteiger charge is 1.97. The number of hydrogen-bond donors (Lipinski definition) is 0. The van der Waals surface area contributed by atoms with Crippen LogP contribution in [0, 0.1) is 6.20 Å². The number of nitrogens with zero attached hydrogens (tertiary/aromatic N) is 1. The van der Waals surface area contributed by atoms with Crippen LogP contribution < -0.4 is 0 Å². The lowest BCUT2D eigenvalue weighted by Gasteiger charge is -2.03. The van der Waals surface area contributed by atoms with Crippen LogP contribution in [0.2, 0.25) is 0 Å². The molecular formula is C17H22N. The summed E-state index contributed by atoms with van der Waals surface area (Å²) in [6, 6.07) is 10.6. The molecular weight excluding hydrogens is 218 g/mol. The topological polar surface area (TPSA) is 12.9 Å². The summed E-state index contributed by atoms with van der Waals surface area (Å²) in [5.41, 5.74) is 2.48. The van der Waals surface area contributed by atoms with Gasteiger partial charge in [-0.2, -0.15) is 0 Å². The summed E-state index contributed by atoms with van der Waals surface area (Å²) >= 11 is 0. The molecule has 1 radical (unpaired) electrons. The standard InChI is InChI=1S/C17H22N/c1-2-3-4-5-6-7-9-15-11-12-17-16(14-15)10-8-13-18-17/h8,10-12,14H,2-7,9H2,1H3. The third-order valence-corrected chi connectivity index (χ3v) is 3.43. The molecule has 1 nitrogen and oxygen atoms in total. The fraction of sp³-hybridized carbons (Fsp3) is 0.471. The lowest BCUT2D eigenvalue weighted by atomic mass is 10.0. The zero-order chi connectivity index (χ0) is 12.6. The normalized spacial score (nSPS) is 10.9. The second-order valence-electron chi connectivity index (χ2n) is 4.99. The molecule has 0 saturated heterocycles. The Balaban J connectivity index is 1.81. The van der Waals surface area contributed by atoms with E-state index in [0.717, 1.165) is 5.52 Å². The number of aromatic nitrogens is 1. The maximum absolute atomic E-state index is 4.23. The number of rotatable bonds is 7. The van der Waals surface area contributed by atoms with E-state index in [-0.39, 0.29) is 0 Å². The van der Waals surface area contributed by atoms with Crippen molar-refractivity contribution in [2.75, 3.05) is 0 Å². The van der Waals surface area contributed by atoms with Crippen molar-refractivity contribution in [1.29, 1.82) is 0 Å². The summed E-state index contributed by atoms with van der Waals surface area (Å²) in [5.74, 6) is 0. The molecule has 0 unspecified atom stereocenters. The molecule has 1 aromatic heterocycles. The number of benzene rings is 1. The lowest BCUT2D eigenvalue weighted by Crippen LogP contribution is -1.87. The second kappa shape index (κ2) is 7.15. The van der Waals surface area contributed by atoms with Crippen LogP contribution in [0.3, 0.4) is 0 Å². The number of fused-ring (bicyclic) bond motifs is 1. The molecule has 0 amide bonds. The Morgan fingerprint density at radius 2 is 1.83 bits per heavy atom. The molecule has 1 heteroatoms. The molecule has 0 aliphatic heterocycles. The monoisotopic (exact) mass is 240 g/mol. The van der Waals surface area contributed by atoms with E-state index in [9.17, 15) is 0 Å². The van der Waals surface area contributed by atoms with E-state index in [1.807, 2.05) is 6.07 Å². The smallest absolute Gasteiger partial charge is 0.0894 e. The van der Waals surface area contributed by atoms with Gasteiger partial charge in [-0.15, -0.1) is 0 Å². The number of aryl methyl sites for hydroxylation is 1. The van der Waals surface area contributed by atoms with E-state index in [0.29, 0.717) is 0 Å². The molecule has 0 saturated carbocycles. The van der Waals surface area contributed by atoms with Gasteiger partial charge in [0.25, 0.3) is 0 Å². The van der Waals surface area contributed by atoms with Crippen molar-refractivity contribution in [3.63, 3.8) is 0 Å². The van der Waals surface area contributed by atoms with Crippen molar-refractivity contribution in [2.45, 2.75) is 51.9 Å². The van der Waals surface area contributed by atoms with E-state index < -0.39 is 0 Å². The van der Waals surface area contributed by atoms with Gasteiger partial charge in [0.1, 0.15) is 0 Å². The zero-order valence-corrected chi connectivity index (χ0v) is 11.3. The molecule has 2 rings (SSSR count). The fourth-order valence-corrected chi connectivity index (χ4v) is 2.34. The zero-order valence-electron chi connectivity index (χ0n) is 11.3. The fourth-order valence-electron chi connectivity index (χ4n) is 2.34. The Morgan fingerprint density at radius 1 is 1.00 bits per heavy atom. The van der Waals surface area contributed by atoms with Gasteiger partial charge in [-0.3, -0.25) is 0 Å². The molecule has 2 aromatic rings. The molecule has 1 aromatic carbocycles. The second-order valence-corrected chi connectivity index (χ2v) is 4.99. The highest BCUT2D eigenvalue weighted by molar-refractivity contribution is 5.78. The van der Waals surface area contributed by atoms with Crippen molar-refractivity contribution in [1.82, 2.24) is 4.98 Å². The number of pyridine rings is 1. The van der Waals surface area contributed by atoms with Gasteiger partial charge in [-0.1, -0.05) is 51.2 Å². The molecule has 0 aliphatic carbocycles. The Morgan fingerprint density at radius 3 is 2.72 bits per heavy atom. The average molecular weight is 240 g/mol. The van der Waals surface area contributed by atoms with Crippen LogP contribution in [-0.4, -0.2) is 4.98 Å². The van der Waals surface area contributed by atoms with Crippen LogP contribution in [0.5, 0.6) is 0 Å². The van der Waals surface area contributed by atoms with Crippen LogP contribution in [0.4, 0.5) is 0 Å². The van der Waals surface area contributed by atoms with E-state index >= 15 is 0 Å². The van der Waals surface area contributed by atoms with Gasteiger partial charge in [0, 0.05) is 5.39 Å². The summed E-state index contributed by atoms with van der Waals surface area (Å²) in [6.07, 6.45) is 12.2. The first-order valence-electron chi connectivity index (χ1n) is 7.16. The van der Waals surface area contributed by atoms with E-state index in [4.69, 9.17) is 0 Å². The average Bonchev–Trinajstić information content (AvgIpc) is 2.42. The van der Waals surface area contributed by atoms with Gasteiger partial charge in [0.2, 0.25) is 0 Å². The van der Waals surface area contributed by atoms with Crippen molar-refractivity contribution in [3.05, 3.63) is 42.1 Å². The van der Waals surface area contributed by atoms with E-state index in [2.05, 4.69) is 42.4 Å². The van der Waals surface area contributed by atoms with E-state index in [1.54, 1.807) is 0 Å². The molecule has 1 heterocycles. The first-order chi connectivity index (χ1) is 8.90. The third-order valence-electron chi connectivity index (χ3n) is 3.43. The Labute approximate surface area is 110 Å². The largest absolute Gasteiger partial charge is 0.246 e. The van der Waals surface area contributed by atoms with Crippen LogP contribution in [-0.2, 0) is 6.42 Å². The van der Waals surface area contributed by atoms with Gasteiger partial charge in [-0.25, -0.2) is 4.98 Å². The van der Waals surface area contributed by atoms with Gasteiger partial charge in [0.05, 0.1) is 11.7 Å². The van der Waals surface area contributed by atoms with Gasteiger partial charge < -0.3 is 0 Å². The molecule has 95 valence electrons. The Hall–Kier alpha value is -1.37. The Kier molecular flexibility index (Phi) is 5.19. The molecule has 0 N–H and O–H groups in total. The van der Waals surface area contributed by atoms with Gasteiger partial charge in [-0.05, 0) is 36.6 Å². The van der Waals surface area contributed by atoms with Crippen LogP contribution in [0.1, 0.15) is 51.0 Å². The minimum absolute atomic E-state index is 1.05. The quantitative estimate of drug-likeness (QED) is 0.625. The first-order valence-corrected chi connectivity index (χ1v) is 7.16. The maximum atomic E-state index is 4.23. The summed E-state index contributed by atoms with van der Waals surface area (Å²) in [7, 11) is 0. The molecule has 0 aliphatic rings. The molecule has 18 heavy (non-hydrogen) atoms. The highest BCUT2D eigenvalue weighted by Crippen LogP contribution is 2.15.